The SMILES string of the molecule is Cc1ccc(NC(=S)NCc2cccc(C(F)(F)F)c2)cc1. The summed E-state index contributed by atoms with van der Waals surface area (Å²) in [6.45, 7) is 2.20. The minimum atomic E-state index is -4.34. The second-order valence-corrected chi connectivity index (χ2v) is 5.28. The van der Waals surface area contributed by atoms with Gasteiger partial charge in [-0.05, 0) is 49.0 Å². The molecule has 22 heavy (non-hydrogen) atoms. The number of rotatable bonds is 3. The number of anilines is 1. The molecule has 6 heteroatoms. The number of hydrogen-bond acceptors (Lipinski definition) is 1. The first kappa shape index (κ1) is 16.3. The van der Waals surface area contributed by atoms with Gasteiger partial charge in [0.25, 0.3) is 0 Å². The van der Waals surface area contributed by atoms with E-state index in [1.165, 1.54) is 6.07 Å². The summed E-state index contributed by atoms with van der Waals surface area (Å²) in [5, 5.41) is 6.24. The Labute approximate surface area is 132 Å². The van der Waals surface area contributed by atoms with Crippen LogP contribution in [0.15, 0.2) is 48.5 Å². The molecule has 0 aliphatic rings. The van der Waals surface area contributed by atoms with Crippen molar-refractivity contribution in [3.05, 3.63) is 65.2 Å². The molecule has 0 spiro atoms. The van der Waals surface area contributed by atoms with Gasteiger partial charge in [0.1, 0.15) is 0 Å². The van der Waals surface area contributed by atoms with Gasteiger partial charge in [0.15, 0.2) is 5.11 Å². The van der Waals surface area contributed by atoms with Gasteiger partial charge in [-0.1, -0.05) is 29.8 Å². The summed E-state index contributed by atoms with van der Waals surface area (Å²) in [7, 11) is 0. The van der Waals surface area contributed by atoms with E-state index in [1.54, 1.807) is 6.07 Å². The summed E-state index contributed by atoms with van der Waals surface area (Å²) in [5.74, 6) is 0. The van der Waals surface area contributed by atoms with E-state index in [1.807, 2.05) is 31.2 Å². The maximum Gasteiger partial charge on any atom is 0.416 e. The van der Waals surface area contributed by atoms with E-state index in [9.17, 15) is 13.2 Å². The number of halogens is 3. The van der Waals surface area contributed by atoms with Gasteiger partial charge in [0.05, 0.1) is 5.56 Å². The number of thiocarbonyl (C=S) groups is 1. The molecular formula is C16H15F3N2S. The monoisotopic (exact) mass is 324 g/mol. The van der Waals surface area contributed by atoms with Gasteiger partial charge in [0, 0.05) is 12.2 Å². The van der Waals surface area contributed by atoms with Gasteiger partial charge >= 0.3 is 6.18 Å². The van der Waals surface area contributed by atoms with Crippen molar-refractivity contribution in [1.29, 1.82) is 0 Å². The van der Waals surface area contributed by atoms with Crippen LogP contribution >= 0.6 is 12.2 Å². The van der Waals surface area contributed by atoms with Crippen LogP contribution in [0.5, 0.6) is 0 Å². The molecule has 2 aromatic rings. The lowest BCUT2D eigenvalue weighted by atomic mass is 10.1. The summed E-state index contributed by atoms with van der Waals surface area (Å²) in [6.07, 6.45) is -4.34. The molecule has 2 N–H and O–H groups in total. The standard InChI is InChI=1S/C16H15F3N2S/c1-11-5-7-14(8-6-11)21-15(22)20-10-12-3-2-4-13(9-12)16(17,18)19/h2-9H,10H2,1H3,(H2,20,21,22). The van der Waals surface area contributed by atoms with Crippen LogP contribution in [-0.4, -0.2) is 5.11 Å². The van der Waals surface area contributed by atoms with Gasteiger partial charge in [0.2, 0.25) is 0 Å². The fraction of sp³-hybridized carbons (Fsp3) is 0.188. The van der Waals surface area contributed by atoms with Crippen LogP contribution in [0.2, 0.25) is 0 Å². The zero-order chi connectivity index (χ0) is 16.2. The maximum atomic E-state index is 12.6. The molecule has 0 saturated carbocycles. The molecule has 2 rings (SSSR count). The first-order chi connectivity index (χ1) is 10.3. The van der Waals surface area contributed by atoms with Gasteiger partial charge in [-0.15, -0.1) is 0 Å². The van der Waals surface area contributed by atoms with Crippen LogP contribution in [0.4, 0.5) is 18.9 Å². The predicted octanol–water partition coefficient (Wildman–Crippen LogP) is 4.50. The average Bonchev–Trinajstić information content (AvgIpc) is 2.47. The van der Waals surface area contributed by atoms with Gasteiger partial charge in [-0.2, -0.15) is 13.2 Å². The normalized spacial score (nSPS) is 11.1. The van der Waals surface area contributed by atoms with Crippen molar-refractivity contribution >= 4 is 23.0 Å². The third kappa shape index (κ3) is 4.73. The Kier molecular flexibility index (Phi) is 5.03. The summed E-state index contributed by atoms with van der Waals surface area (Å²) in [6, 6.07) is 12.8. The largest absolute Gasteiger partial charge is 0.416 e. The zero-order valence-corrected chi connectivity index (χ0v) is 12.7. The number of nitrogens with one attached hydrogen (secondary N) is 2. The van der Waals surface area contributed by atoms with Crippen LogP contribution in [-0.2, 0) is 12.7 Å². The van der Waals surface area contributed by atoms with E-state index in [2.05, 4.69) is 10.6 Å². The molecule has 2 aromatic carbocycles. The van der Waals surface area contributed by atoms with Crippen LogP contribution in [0, 0.1) is 6.92 Å². The van der Waals surface area contributed by atoms with Gasteiger partial charge in [-0.25, -0.2) is 0 Å². The summed E-state index contributed by atoms with van der Waals surface area (Å²) in [4.78, 5) is 0. The van der Waals surface area contributed by atoms with Crippen molar-refractivity contribution in [2.45, 2.75) is 19.6 Å². The fourth-order valence-electron chi connectivity index (χ4n) is 1.85. The number of aryl methyl sites for hydroxylation is 1. The molecular weight excluding hydrogens is 309 g/mol. The second-order valence-electron chi connectivity index (χ2n) is 4.87. The molecule has 0 aliphatic carbocycles. The molecule has 0 aromatic heterocycles. The third-order valence-corrected chi connectivity index (χ3v) is 3.26. The van der Waals surface area contributed by atoms with E-state index in [4.69, 9.17) is 12.2 Å². The Balaban J connectivity index is 1.92. The molecule has 0 radical (unpaired) electrons. The highest BCUT2D eigenvalue weighted by Gasteiger charge is 2.30. The predicted molar refractivity (Wildman–Crippen MR) is 85.7 cm³/mol. The lowest BCUT2D eigenvalue weighted by molar-refractivity contribution is -0.137. The zero-order valence-electron chi connectivity index (χ0n) is 11.9. The first-order valence-electron chi connectivity index (χ1n) is 6.62. The van der Waals surface area contributed by atoms with E-state index in [0.29, 0.717) is 10.7 Å². The lowest BCUT2D eigenvalue weighted by Crippen LogP contribution is -2.28. The smallest absolute Gasteiger partial charge is 0.358 e. The van der Waals surface area contributed by atoms with Gasteiger partial charge < -0.3 is 10.6 Å². The van der Waals surface area contributed by atoms with Crippen molar-refractivity contribution in [2.75, 3.05) is 5.32 Å². The minimum Gasteiger partial charge on any atom is -0.358 e. The Hall–Kier alpha value is -2.08. The molecule has 0 heterocycles. The van der Waals surface area contributed by atoms with E-state index >= 15 is 0 Å². The summed E-state index contributed by atoms with van der Waals surface area (Å²) in [5.41, 5.74) is 1.81. The molecule has 0 amide bonds. The number of hydrogen-bond donors (Lipinski definition) is 2. The molecule has 116 valence electrons. The van der Waals surface area contributed by atoms with E-state index in [0.717, 1.165) is 23.4 Å². The first-order valence-corrected chi connectivity index (χ1v) is 7.03. The molecule has 0 unspecified atom stereocenters. The van der Waals surface area contributed by atoms with Crippen molar-refractivity contribution in [1.82, 2.24) is 5.32 Å². The summed E-state index contributed by atoms with van der Waals surface area (Å²) >= 11 is 5.13. The average molecular weight is 324 g/mol. The minimum absolute atomic E-state index is 0.224. The van der Waals surface area contributed by atoms with Crippen LogP contribution in [0.25, 0.3) is 0 Å². The number of alkyl halides is 3. The quantitative estimate of drug-likeness (QED) is 0.813. The molecule has 0 fully saturated rings. The Morgan fingerprint density at radius 2 is 1.77 bits per heavy atom. The van der Waals surface area contributed by atoms with Crippen molar-refractivity contribution < 1.29 is 13.2 Å². The maximum absolute atomic E-state index is 12.6. The topological polar surface area (TPSA) is 24.1 Å². The molecule has 2 nitrogen and oxygen atoms in total. The Morgan fingerprint density at radius 3 is 2.41 bits per heavy atom. The highest BCUT2D eigenvalue weighted by atomic mass is 32.1. The lowest BCUT2D eigenvalue weighted by Gasteiger charge is -2.12. The number of benzene rings is 2. The van der Waals surface area contributed by atoms with Crippen LogP contribution < -0.4 is 10.6 Å². The summed E-state index contributed by atoms with van der Waals surface area (Å²) < 4.78 is 37.9. The fourth-order valence-corrected chi connectivity index (χ4v) is 2.04. The highest BCUT2D eigenvalue weighted by Crippen LogP contribution is 2.29. The third-order valence-electron chi connectivity index (χ3n) is 3.02. The molecule has 0 aliphatic heterocycles. The Morgan fingerprint density at radius 1 is 1.09 bits per heavy atom. The van der Waals surface area contributed by atoms with E-state index in [-0.39, 0.29) is 6.54 Å². The highest BCUT2D eigenvalue weighted by molar-refractivity contribution is 7.80. The van der Waals surface area contributed by atoms with Crippen molar-refractivity contribution in [2.24, 2.45) is 0 Å². The second kappa shape index (κ2) is 6.79. The van der Waals surface area contributed by atoms with E-state index < -0.39 is 11.7 Å². The molecule has 0 atom stereocenters. The van der Waals surface area contributed by atoms with Crippen LogP contribution in [0.3, 0.4) is 0 Å². The molecule has 0 saturated heterocycles. The van der Waals surface area contributed by atoms with Gasteiger partial charge in [-0.3, -0.25) is 0 Å². The van der Waals surface area contributed by atoms with Crippen molar-refractivity contribution in [3.8, 4) is 0 Å². The Bertz CT molecular complexity index is 651. The van der Waals surface area contributed by atoms with Crippen LogP contribution in [0.1, 0.15) is 16.7 Å². The molecule has 0 bridgehead atoms. The van der Waals surface area contributed by atoms with Crippen molar-refractivity contribution in [3.63, 3.8) is 0 Å².